The molecule has 0 saturated heterocycles. The van der Waals surface area contributed by atoms with Crippen molar-refractivity contribution in [2.24, 2.45) is 0 Å². The van der Waals surface area contributed by atoms with E-state index in [0.29, 0.717) is 11.3 Å². The van der Waals surface area contributed by atoms with Crippen molar-refractivity contribution >= 4 is 11.5 Å². The minimum absolute atomic E-state index is 0.385. The summed E-state index contributed by atoms with van der Waals surface area (Å²) in [5, 5.41) is 0. The molecule has 1 aliphatic heterocycles. The van der Waals surface area contributed by atoms with E-state index in [1.807, 2.05) is 12.1 Å². The van der Waals surface area contributed by atoms with E-state index in [0.717, 1.165) is 36.0 Å². The predicted octanol–water partition coefficient (Wildman–Crippen LogP) is 3.89. The number of aryl methyl sites for hydroxylation is 1. The fourth-order valence-corrected chi connectivity index (χ4v) is 2.41. The van der Waals surface area contributed by atoms with E-state index in [1.54, 1.807) is 6.26 Å². The molecule has 0 fully saturated rings. The molecule has 21 heavy (non-hydrogen) atoms. The second-order valence-electron chi connectivity index (χ2n) is 4.80. The predicted molar refractivity (Wildman–Crippen MR) is 80.9 cm³/mol. The highest BCUT2D eigenvalue weighted by Gasteiger charge is 2.25. The van der Waals surface area contributed by atoms with Gasteiger partial charge < -0.3 is 13.9 Å². The number of ether oxygens (including phenoxy) is 2. The van der Waals surface area contributed by atoms with Crippen molar-refractivity contribution in [3.63, 3.8) is 0 Å². The number of carbonyl (C=O) groups excluding carboxylic acids is 1. The molecule has 4 nitrogen and oxygen atoms in total. The van der Waals surface area contributed by atoms with E-state index < -0.39 is 5.97 Å². The molecule has 0 aromatic heterocycles. The molecular weight excluding hydrogens is 268 g/mol. The lowest BCUT2D eigenvalue weighted by Gasteiger charge is -2.09. The third kappa shape index (κ3) is 3.10. The van der Waals surface area contributed by atoms with Crippen LogP contribution in [-0.2, 0) is 20.7 Å². The van der Waals surface area contributed by atoms with Gasteiger partial charge in [-0.3, -0.25) is 0 Å². The summed E-state index contributed by atoms with van der Waals surface area (Å²) in [5.41, 5.74) is 3.21. The summed E-state index contributed by atoms with van der Waals surface area (Å²) in [6.07, 6.45) is 6.04. The van der Waals surface area contributed by atoms with Crippen LogP contribution in [0, 0.1) is 0 Å². The first-order chi connectivity index (χ1) is 10.2. The molecule has 0 N–H and O–H groups in total. The van der Waals surface area contributed by atoms with Crippen molar-refractivity contribution in [1.29, 1.82) is 0 Å². The molecule has 112 valence electrons. The van der Waals surface area contributed by atoms with E-state index in [9.17, 15) is 4.79 Å². The first-order valence-electron chi connectivity index (χ1n) is 7.03. The third-order valence-corrected chi connectivity index (χ3v) is 3.39. The Labute approximate surface area is 124 Å². The van der Waals surface area contributed by atoms with Crippen LogP contribution in [0.3, 0.4) is 0 Å². The number of fused-ring (bicyclic) bond motifs is 1. The Bertz CT molecular complexity index is 609. The smallest absolute Gasteiger partial charge is 0.341 e. The zero-order valence-corrected chi connectivity index (χ0v) is 12.6. The summed E-state index contributed by atoms with van der Waals surface area (Å²) in [4.78, 5) is 12.1. The lowest BCUT2D eigenvalue weighted by atomic mass is 10.0. The van der Waals surface area contributed by atoms with Gasteiger partial charge in [0.25, 0.3) is 0 Å². The molecule has 1 heterocycles. The van der Waals surface area contributed by atoms with Gasteiger partial charge in [0.05, 0.1) is 26.7 Å². The van der Waals surface area contributed by atoms with Crippen molar-refractivity contribution < 1.29 is 18.7 Å². The standard InChI is InChI=1S/C17H20O4/c1-4-5-7-12-10-13-8-6-9-21-16(13)15(12)14(11-19-2)17(18)20-3/h6,8-11H,4-5,7H2,1-3H3. The molecule has 0 bridgehead atoms. The van der Waals surface area contributed by atoms with Crippen molar-refractivity contribution in [3.8, 4) is 11.3 Å². The van der Waals surface area contributed by atoms with Crippen LogP contribution in [-0.4, -0.2) is 20.2 Å². The van der Waals surface area contributed by atoms with Crippen molar-refractivity contribution in [2.75, 3.05) is 14.2 Å². The maximum absolute atomic E-state index is 12.1. The molecule has 0 atom stereocenters. The average molecular weight is 288 g/mol. The number of methoxy groups -OCH3 is 2. The van der Waals surface area contributed by atoms with Gasteiger partial charge in [0.1, 0.15) is 11.3 Å². The first-order valence-corrected chi connectivity index (χ1v) is 7.03. The molecule has 0 saturated carbocycles. The van der Waals surface area contributed by atoms with E-state index in [1.165, 1.54) is 20.5 Å². The Morgan fingerprint density at radius 3 is 2.86 bits per heavy atom. The summed E-state index contributed by atoms with van der Waals surface area (Å²) < 4.78 is 15.5. The molecule has 2 rings (SSSR count). The Kier molecular flexibility index (Phi) is 5.04. The molecule has 0 unspecified atom stereocenters. The van der Waals surface area contributed by atoms with Crippen LogP contribution < -0.4 is 0 Å². The van der Waals surface area contributed by atoms with Gasteiger partial charge in [-0.05, 0) is 36.6 Å². The van der Waals surface area contributed by atoms with Gasteiger partial charge in [0, 0.05) is 11.1 Å². The number of unbranched alkanes of at least 4 members (excludes halogenated alkanes) is 1. The quantitative estimate of drug-likeness (QED) is 0.459. The van der Waals surface area contributed by atoms with E-state index in [-0.39, 0.29) is 0 Å². The summed E-state index contributed by atoms with van der Waals surface area (Å²) in [6, 6.07) is 5.88. The molecular formula is C17H20O4. The van der Waals surface area contributed by atoms with Crippen LogP contribution in [0.5, 0.6) is 0 Å². The number of hydrogen-bond donors (Lipinski definition) is 0. The summed E-state index contributed by atoms with van der Waals surface area (Å²) in [7, 11) is 2.87. The number of carbonyl (C=O) groups is 1. The van der Waals surface area contributed by atoms with Crippen LogP contribution in [0.25, 0.3) is 16.9 Å². The lowest BCUT2D eigenvalue weighted by Crippen LogP contribution is -2.06. The van der Waals surface area contributed by atoms with Gasteiger partial charge in [0.2, 0.25) is 0 Å². The van der Waals surface area contributed by atoms with Gasteiger partial charge >= 0.3 is 5.97 Å². The minimum atomic E-state index is -0.429. The number of esters is 1. The summed E-state index contributed by atoms with van der Waals surface area (Å²) in [5.74, 6) is 0.262. The Balaban J connectivity index is 2.58. The van der Waals surface area contributed by atoms with Gasteiger partial charge in [-0.15, -0.1) is 0 Å². The second-order valence-corrected chi connectivity index (χ2v) is 4.80. The van der Waals surface area contributed by atoms with Crippen molar-refractivity contribution in [2.45, 2.75) is 26.2 Å². The Morgan fingerprint density at radius 1 is 1.38 bits per heavy atom. The van der Waals surface area contributed by atoms with Crippen LogP contribution in [0.4, 0.5) is 0 Å². The maximum atomic E-state index is 12.1. The molecule has 0 radical (unpaired) electrons. The monoisotopic (exact) mass is 288 g/mol. The SMILES string of the molecule is CCCCc1cc2cccoc-2c1C(=COC)C(=O)OC. The van der Waals surface area contributed by atoms with Crippen LogP contribution in [0.1, 0.15) is 30.9 Å². The van der Waals surface area contributed by atoms with Gasteiger partial charge in [0.15, 0.2) is 0 Å². The minimum Gasteiger partial charge on any atom is -0.503 e. The molecule has 0 spiro atoms. The highest BCUT2D eigenvalue weighted by molar-refractivity contribution is 6.18. The Hall–Kier alpha value is -2.23. The molecule has 0 aromatic carbocycles. The van der Waals surface area contributed by atoms with Gasteiger partial charge in [-0.25, -0.2) is 4.79 Å². The second kappa shape index (κ2) is 6.97. The van der Waals surface area contributed by atoms with Crippen LogP contribution in [0.15, 0.2) is 35.1 Å². The molecule has 0 amide bonds. The van der Waals surface area contributed by atoms with E-state index in [2.05, 4.69) is 13.0 Å². The van der Waals surface area contributed by atoms with Gasteiger partial charge in [-0.2, -0.15) is 0 Å². The van der Waals surface area contributed by atoms with Crippen LogP contribution >= 0.6 is 0 Å². The van der Waals surface area contributed by atoms with Gasteiger partial charge in [-0.1, -0.05) is 13.3 Å². The summed E-state index contributed by atoms with van der Waals surface area (Å²) in [6.45, 7) is 2.14. The largest absolute Gasteiger partial charge is 0.503 e. The summed E-state index contributed by atoms with van der Waals surface area (Å²) >= 11 is 0. The molecule has 4 heteroatoms. The highest BCUT2D eigenvalue weighted by atomic mass is 16.5. The average Bonchev–Trinajstić information content (AvgIpc) is 2.88. The lowest BCUT2D eigenvalue weighted by molar-refractivity contribution is -0.133. The van der Waals surface area contributed by atoms with E-state index in [4.69, 9.17) is 13.9 Å². The fourth-order valence-electron chi connectivity index (χ4n) is 2.41. The maximum Gasteiger partial charge on any atom is 0.341 e. The molecule has 2 aliphatic rings. The first kappa shape index (κ1) is 15.2. The topological polar surface area (TPSA) is 48.7 Å². The zero-order chi connectivity index (χ0) is 15.2. The highest BCUT2D eigenvalue weighted by Crippen LogP contribution is 2.37. The number of rotatable bonds is 6. The third-order valence-electron chi connectivity index (χ3n) is 3.39. The van der Waals surface area contributed by atoms with Crippen LogP contribution in [0.2, 0.25) is 0 Å². The fraction of sp³-hybridized carbons (Fsp3) is 0.353. The van der Waals surface area contributed by atoms with Crippen molar-refractivity contribution in [1.82, 2.24) is 0 Å². The van der Waals surface area contributed by atoms with Crippen molar-refractivity contribution in [3.05, 3.63) is 41.9 Å². The number of hydrogen-bond acceptors (Lipinski definition) is 4. The normalized spacial score (nSPS) is 11.7. The van der Waals surface area contributed by atoms with E-state index >= 15 is 0 Å². The zero-order valence-electron chi connectivity index (χ0n) is 12.6. The Morgan fingerprint density at radius 2 is 2.19 bits per heavy atom. The molecule has 1 aliphatic carbocycles. The molecule has 0 aromatic rings.